The van der Waals surface area contributed by atoms with E-state index in [1.165, 1.54) is 16.7 Å². The largest absolute Gasteiger partial charge is 0.354 e. The predicted octanol–water partition coefficient (Wildman–Crippen LogP) is 5.12. The lowest BCUT2D eigenvalue weighted by Crippen LogP contribution is -2.50. The highest BCUT2D eigenvalue weighted by Gasteiger charge is 2.28. The van der Waals surface area contributed by atoms with Crippen LogP contribution < -0.4 is 5.32 Å². The van der Waals surface area contributed by atoms with Crippen molar-refractivity contribution < 1.29 is 9.59 Å². The molecule has 0 aromatic heterocycles. The Morgan fingerprint density at radius 2 is 1.71 bits per heavy atom. The van der Waals surface area contributed by atoms with E-state index >= 15 is 0 Å². The summed E-state index contributed by atoms with van der Waals surface area (Å²) in [6, 6.07) is 15.9. The molecule has 0 aliphatic rings. The van der Waals surface area contributed by atoms with E-state index in [2.05, 4.69) is 38.2 Å². The van der Waals surface area contributed by atoms with Gasteiger partial charge in [0.25, 0.3) is 0 Å². The molecule has 2 aromatic rings. The third kappa shape index (κ3) is 8.06. The summed E-state index contributed by atoms with van der Waals surface area (Å²) in [5.74, 6) is 1.44. The highest BCUT2D eigenvalue weighted by molar-refractivity contribution is 7.99. The molecule has 0 spiro atoms. The molecule has 1 N–H and O–H groups in total. The van der Waals surface area contributed by atoms with Crippen LogP contribution in [0.4, 0.5) is 0 Å². The zero-order valence-corrected chi connectivity index (χ0v) is 20.3. The maximum Gasteiger partial charge on any atom is 0.242 e. The Kier molecular flexibility index (Phi) is 10.1. The minimum absolute atomic E-state index is 0.00528. The molecular formula is C26H36N2O2S. The summed E-state index contributed by atoms with van der Waals surface area (Å²) >= 11 is 1.60. The summed E-state index contributed by atoms with van der Waals surface area (Å²) in [5, 5.41) is 3.01. The van der Waals surface area contributed by atoms with Crippen molar-refractivity contribution >= 4 is 23.6 Å². The molecule has 1 atom stereocenters. The quantitative estimate of drug-likeness (QED) is 0.528. The van der Waals surface area contributed by atoms with Gasteiger partial charge in [-0.25, -0.2) is 0 Å². The second-order valence-electron chi connectivity index (χ2n) is 8.49. The van der Waals surface area contributed by atoms with E-state index in [9.17, 15) is 9.59 Å². The van der Waals surface area contributed by atoms with Gasteiger partial charge in [-0.3, -0.25) is 9.59 Å². The van der Waals surface area contributed by atoms with Gasteiger partial charge in [0, 0.05) is 18.8 Å². The van der Waals surface area contributed by atoms with Crippen LogP contribution in [0.2, 0.25) is 0 Å². The number of nitrogens with one attached hydrogen (secondary N) is 1. The summed E-state index contributed by atoms with van der Waals surface area (Å²) < 4.78 is 0. The van der Waals surface area contributed by atoms with Crippen molar-refractivity contribution in [2.75, 3.05) is 12.3 Å². The molecule has 0 saturated carbocycles. The average molecular weight is 441 g/mol. The van der Waals surface area contributed by atoms with Crippen LogP contribution in [-0.4, -0.2) is 35.1 Å². The Morgan fingerprint density at radius 3 is 2.32 bits per heavy atom. The van der Waals surface area contributed by atoms with Gasteiger partial charge < -0.3 is 10.2 Å². The van der Waals surface area contributed by atoms with Crippen molar-refractivity contribution in [2.24, 2.45) is 5.92 Å². The maximum atomic E-state index is 13.3. The van der Waals surface area contributed by atoms with Crippen LogP contribution in [0.3, 0.4) is 0 Å². The molecule has 0 unspecified atom stereocenters. The number of carbonyl (C=O) groups excluding carboxylic acids is 2. The predicted molar refractivity (Wildman–Crippen MR) is 131 cm³/mol. The van der Waals surface area contributed by atoms with Crippen LogP contribution in [0.25, 0.3) is 0 Å². The molecule has 168 valence electrons. The highest BCUT2D eigenvalue weighted by Crippen LogP contribution is 2.19. The summed E-state index contributed by atoms with van der Waals surface area (Å²) in [6.07, 6.45) is 0.587. The topological polar surface area (TPSA) is 49.4 Å². The number of amides is 2. The van der Waals surface area contributed by atoms with Gasteiger partial charge >= 0.3 is 0 Å². The van der Waals surface area contributed by atoms with E-state index in [1.54, 1.807) is 16.7 Å². The molecule has 0 radical (unpaired) electrons. The first-order valence-electron chi connectivity index (χ1n) is 11.1. The van der Waals surface area contributed by atoms with Crippen molar-refractivity contribution in [3.05, 3.63) is 70.8 Å². The van der Waals surface area contributed by atoms with E-state index in [0.717, 1.165) is 11.3 Å². The smallest absolute Gasteiger partial charge is 0.242 e. The maximum absolute atomic E-state index is 13.3. The average Bonchev–Trinajstić information content (AvgIpc) is 2.74. The Morgan fingerprint density at radius 1 is 1.03 bits per heavy atom. The molecular weight excluding hydrogens is 404 g/mol. The number of carbonyl (C=O) groups is 2. The summed E-state index contributed by atoms with van der Waals surface area (Å²) in [5.41, 5.74) is 4.70. The number of rotatable bonds is 11. The fourth-order valence-electron chi connectivity index (χ4n) is 3.34. The van der Waals surface area contributed by atoms with Gasteiger partial charge in [0.05, 0.1) is 5.75 Å². The zero-order valence-electron chi connectivity index (χ0n) is 19.5. The van der Waals surface area contributed by atoms with Crippen molar-refractivity contribution in [3.63, 3.8) is 0 Å². The Labute approximate surface area is 191 Å². The Hall–Kier alpha value is -2.27. The van der Waals surface area contributed by atoms with Gasteiger partial charge in [0.1, 0.15) is 6.04 Å². The van der Waals surface area contributed by atoms with E-state index in [0.29, 0.717) is 31.2 Å². The first kappa shape index (κ1) is 25.0. The van der Waals surface area contributed by atoms with Crippen LogP contribution in [0.15, 0.2) is 48.5 Å². The number of aryl methyl sites for hydroxylation is 2. The van der Waals surface area contributed by atoms with Crippen molar-refractivity contribution in [2.45, 2.75) is 59.4 Å². The van der Waals surface area contributed by atoms with Crippen molar-refractivity contribution in [1.29, 1.82) is 0 Å². The summed E-state index contributed by atoms with van der Waals surface area (Å²) in [4.78, 5) is 27.9. The monoisotopic (exact) mass is 440 g/mol. The van der Waals surface area contributed by atoms with Crippen LogP contribution >= 0.6 is 11.8 Å². The molecule has 2 rings (SSSR count). The minimum atomic E-state index is -0.466. The van der Waals surface area contributed by atoms with Gasteiger partial charge in [-0.1, -0.05) is 74.9 Å². The molecule has 0 saturated heterocycles. The lowest BCUT2D eigenvalue weighted by atomic mass is 10.1. The molecule has 31 heavy (non-hydrogen) atoms. The van der Waals surface area contributed by atoms with Gasteiger partial charge in [-0.15, -0.1) is 11.8 Å². The molecule has 2 amide bonds. The molecule has 2 aromatic carbocycles. The molecule has 0 aliphatic carbocycles. The summed E-state index contributed by atoms with van der Waals surface area (Å²) in [6.45, 7) is 11.3. The second-order valence-corrected chi connectivity index (χ2v) is 9.48. The molecule has 5 heteroatoms. The number of benzene rings is 2. The molecule has 0 fully saturated rings. The van der Waals surface area contributed by atoms with Gasteiger partial charge in [-0.2, -0.15) is 0 Å². The van der Waals surface area contributed by atoms with Gasteiger partial charge in [-0.05, 0) is 42.9 Å². The normalized spacial score (nSPS) is 11.9. The van der Waals surface area contributed by atoms with Crippen molar-refractivity contribution in [1.82, 2.24) is 10.2 Å². The first-order chi connectivity index (χ1) is 14.8. The standard InChI is InChI=1S/C26H36N2O2S/c1-6-24(26(30)27-15-19(2)3)28(16-22-13-11-20(4)12-14-22)25(29)18-31-17-23-10-8-7-9-21(23)5/h7-14,19,24H,6,15-18H2,1-5H3,(H,27,30)/t24-/m0/s1. The second kappa shape index (κ2) is 12.6. The minimum Gasteiger partial charge on any atom is -0.354 e. The number of hydrogen-bond donors (Lipinski definition) is 1. The van der Waals surface area contributed by atoms with Crippen molar-refractivity contribution in [3.8, 4) is 0 Å². The van der Waals surface area contributed by atoms with E-state index < -0.39 is 6.04 Å². The van der Waals surface area contributed by atoms with E-state index in [1.807, 2.05) is 50.2 Å². The fourth-order valence-corrected chi connectivity index (χ4v) is 4.32. The van der Waals surface area contributed by atoms with Crippen LogP contribution in [-0.2, 0) is 21.9 Å². The number of hydrogen-bond acceptors (Lipinski definition) is 3. The lowest BCUT2D eigenvalue weighted by molar-refractivity contribution is -0.139. The number of thioether (sulfide) groups is 1. The number of nitrogens with zero attached hydrogens (tertiary/aromatic N) is 1. The summed E-state index contributed by atoms with van der Waals surface area (Å²) in [7, 11) is 0. The highest BCUT2D eigenvalue weighted by atomic mass is 32.2. The van der Waals surface area contributed by atoms with E-state index in [-0.39, 0.29) is 11.8 Å². The first-order valence-corrected chi connectivity index (χ1v) is 12.2. The molecule has 0 aliphatic heterocycles. The van der Waals surface area contributed by atoms with Gasteiger partial charge in [0.2, 0.25) is 11.8 Å². The Balaban J connectivity index is 2.12. The molecule has 0 bridgehead atoms. The van der Waals surface area contributed by atoms with E-state index in [4.69, 9.17) is 0 Å². The SMILES string of the molecule is CC[C@@H](C(=O)NCC(C)C)N(Cc1ccc(C)cc1)C(=O)CSCc1ccccc1C. The van der Waals surface area contributed by atoms with Gasteiger partial charge in [0.15, 0.2) is 0 Å². The van der Waals surface area contributed by atoms with Crippen LogP contribution in [0.1, 0.15) is 49.4 Å². The lowest BCUT2D eigenvalue weighted by Gasteiger charge is -2.31. The third-order valence-corrected chi connectivity index (χ3v) is 6.25. The zero-order chi connectivity index (χ0) is 22.8. The van der Waals surface area contributed by atoms with Crippen LogP contribution in [0, 0.1) is 19.8 Å². The third-order valence-electron chi connectivity index (χ3n) is 5.29. The fraction of sp³-hybridized carbons (Fsp3) is 0.462. The Bertz CT molecular complexity index is 849. The molecule has 4 nitrogen and oxygen atoms in total. The molecule has 0 heterocycles. The van der Waals surface area contributed by atoms with Crippen LogP contribution in [0.5, 0.6) is 0 Å².